The molecule has 0 saturated carbocycles. The average Bonchev–Trinajstić information content (AvgIpc) is 2.70. The van der Waals surface area contributed by atoms with Crippen LogP contribution in [0.3, 0.4) is 0 Å². The van der Waals surface area contributed by atoms with Gasteiger partial charge in [0.25, 0.3) is 0 Å². The second kappa shape index (κ2) is 6.22. The molecule has 0 aliphatic heterocycles. The van der Waals surface area contributed by atoms with E-state index in [9.17, 15) is 5.11 Å². The fourth-order valence-corrected chi connectivity index (χ4v) is 1.35. The number of nitrogens with zero attached hydrogens (tertiary/aromatic N) is 1. The molecule has 76 valence electrons. The summed E-state index contributed by atoms with van der Waals surface area (Å²) in [7, 11) is 0. The minimum atomic E-state index is -0.389. The summed E-state index contributed by atoms with van der Waals surface area (Å²) in [6.45, 7) is 0. The summed E-state index contributed by atoms with van der Waals surface area (Å²) in [5.74, 6) is 2.61. The second-order valence-electron chi connectivity index (χ2n) is 3.35. The van der Waals surface area contributed by atoms with E-state index in [-0.39, 0.29) is 6.10 Å². The van der Waals surface area contributed by atoms with Crippen LogP contribution in [0.4, 0.5) is 0 Å². The van der Waals surface area contributed by atoms with Crippen molar-refractivity contribution in [2.24, 2.45) is 0 Å². The molecule has 0 fully saturated rings. The number of H-pyrrole nitrogens is 1. The van der Waals surface area contributed by atoms with Crippen molar-refractivity contribution in [2.45, 2.75) is 38.2 Å². The van der Waals surface area contributed by atoms with E-state index in [1.165, 1.54) is 0 Å². The SMILES string of the molecule is C#CCCCCCC(O)c1cn[nH]c1. The lowest BCUT2D eigenvalue weighted by molar-refractivity contribution is 0.163. The molecule has 14 heavy (non-hydrogen) atoms. The molecular weight excluding hydrogens is 176 g/mol. The molecule has 0 amide bonds. The first-order valence-electron chi connectivity index (χ1n) is 4.95. The third kappa shape index (κ3) is 3.63. The van der Waals surface area contributed by atoms with Gasteiger partial charge in [-0.3, -0.25) is 5.10 Å². The molecule has 1 aromatic heterocycles. The molecule has 0 aromatic carbocycles. The monoisotopic (exact) mass is 192 g/mol. The molecule has 0 aliphatic carbocycles. The van der Waals surface area contributed by atoms with Crippen molar-refractivity contribution in [1.82, 2.24) is 10.2 Å². The van der Waals surface area contributed by atoms with Crippen LogP contribution in [0.15, 0.2) is 12.4 Å². The van der Waals surface area contributed by atoms with Crippen LogP contribution < -0.4 is 0 Å². The highest BCUT2D eigenvalue weighted by Crippen LogP contribution is 2.18. The van der Waals surface area contributed by atoms with Gasteiger partial charge in [-0.1, -0.05) is 12.8 Å². The molecule has 0 radical (unpaired) electrons. The van der Waals surface area contributed by atoms with Gasteiger partial charge in [-0.2, -0.15) is 5.10 Å². The van der Waals surface area contributed by atoms with Gasteiger partial charge in [-0.05, 0) is 12.8 Å². The fourth-order valence-electron chi connectivity index (χ4n) is 1.35. The van der Waals surface area contributed by atoms with E-state index in [0.29, 0.717) is 0 Å². The van der Waals surface area contributed by atoms with E-state index >= 15 is 0 Å². The molecule has 1 unspecified atom stereocenters. The van der Waals surface area contributed by atoms with Gasteiger partial charge in [-0.25, -0.2) is 0 Å². The quantitative estimate of drug-likeness (QED) is 0.535. The Balaban J connectivity index is 2.10. The third-order valence-electron chi connectivity index (χ3n) is 2.20. The first-order chi connectivity index (χ1) is 6.84. The number of unbranched alkanes of at least 4 members (excludes halogenated alkanes) is 3. The Morgan fingerprint density at radius 3 is 3.00 bits per heavy atom. The minimum absolute atomic E-state index is 0.389. The number of nitrogens with one attached hydrogen (secondary N) is 1. The van der Waals surface area contributed by atoms with Gasteiger partial charge in [-0.15, -0.1) is 12.3 Å². The smallest absolute Gasteiger partial charge is 0.0820 e. The predicted molar refractivity (Wildman–Crippen MR) is 55.5 cm³/mol. The van der Waals surface area contributed by atoms with Crippen LogP contribution in [0, 0.1) is 12.3 Å². The lowest BCUT2D eigenvalue weighted by Crippen LogP contribution is -1.95. The zero-order chi connectivity index (χ0) is 10.2. The van der Waals surface area contributed by atoms with Crippen LogP contribution in [0.1, 0.15) is 43.8 Å². The maximum absolute atomic E-state index is 9.67. The predicted octanol–water partition coefficient (Wildman–Crippen LogP) is 2.03. The van der Waals surface area contributed by atoms with Crippen molar-refractivity contribution < 1.29 is 5.11 Å². The van der Waals surface area contributed by atoms with Crippen molar-refractivity contribution in [3.05, 3.63) is 18.0 Å². The van der Waals surface area contributed by atoms with E-state index in [1.807, 2.05) is 0 Å². The number of aromatic amines is 1. The average molecular weight is 192 g/mol. The largest absolute Gasteiger partial charge is 0.388 e. The van der Waals surface area contributed by atoms with Gasteiger partial charge in [0.15, 0.2) is 0 Å². The molecule has 0 spiro atoms. The summed E-state index contributed by atoms with van der Waals surface area (Å²) in [6, 6.07) is 0. The maximum atomic E-state index is 9.67. The summed E-state index contributed by atoms with van der Waals surface area (Å²) in [5, 5.41) is 16.1. The van der Waals surface area contributed by atoms with Gasteiger partial charge < -0.3 is 5.11 Å². The summed E-state index contributed by atoms with van der Waals surface area (Å²) >= 11 is 0. The molecule has 3 nitrogen and oxygen atoms in total. The second-order valence-corrected chi connectivity index (χ2v) is 3.35. The number of hydrogen-bond acceptors (Lipinski definition) is 2. The summed E-state index contributed by atoms with van der Waals surface area (Å²) in [4.78, 5) is 0. The van der Waals surface area contributed by atoms with Gasteiger partial charge in [0.05, 0.1) is 12.3 Å². The number of hydrogen-bond donors (Lipinski definition) is 2. The van der Waals surface area contributed by atoms with Gasteiger partial charge in [0.2, 0.25) is 0 Å². The number of aliphatic hydroxyl groups is 1. The van der Waals surface area contributed by atoms with Crippen LogP contribution in [0.25, 0.3) is 0 Å². The van der Waals surface area contributed by atoms with E-state index in [4.69, 9.17) is 6.42 Å². The van der Waals surface area contributed by atoms with Crippen LogP contribution in [-0.2, 0) is 0 Å². The first kappa shape index (κ1) is 10.8. The molecule has 1 aromatic rings. The van der Waals surface area contributed by atoms with Gasteiger partial charge >= 0.3 is 0 Å². The van der Waals surface area contributed by atoms with Gasteiger partial charge in [0, 0.05) is 18.2 Å². The van der Waals surface area contributed by atoms with Crippen molar-refractivity contribution >= 4 is 0 Å². The molecule has 0 bridgehead atoms. The topological polar surface area (TPSA) is 48.9 Å². The van der Waals surface area contributed by atoms with Crippen LogP contribution in [0.5, 0.6) is 0 Å². The van der Waals surface area contributed by atoms with E-state index < -0.39 is 0 Å². The summed E-state index contributed by atoms with van der Waals surface area (Å²) in [6.07, 6.45) is 12.9. The lowest BCUT2D eigenvalue weighted by Gasteiger charge is -2.06. The molecule has 0 saturated heterocycles. The van der Waals surface area contributed by atoms with Crippen molar-refractivity contribution in [3.8, 4) is 12.3 Å². The molecule has 1 atom stereocenters. The molecule has 1 heterocycles. The molecular formula is C11H16N2O. The fraction of sp³-hybridized carbons (Fsp3) is 0.545. The minimum Gasteiger partial charge on any atom is -0.388 e. The first-order valence-corrected chi connectivity index (χ1v) is 4.95. The Hall–Kier alpha value is -1.27. The standard InChI is InChI=1S/C11H16N2O/c1-2-3-4-5-6-7-11(14)10-8-12-13-9-10/h1,8-9,11,14H,3-7H2,(H,12,13). The van der Waals surface area contributed by atoms with Crippen LogP contribution in [0.2, 0.25) is 0 Å². The number of aliphatic hydroxyl groups excluding tert-OH is 1. The number of terminal acetylenes is 1. The maximum Gasteiger partial charge on any atom is 0.0820 e. The summed E-state index contributed by atoms with van der Waals surface area (Å²) < 4.78 is 0. The number of rotatable bonds is 6. The Morgan fingerprint density at radius 2 is 2.36 bits per heavy atom. The number of aromatic nitrogens is 2. The highest BCUT2D eigenvalue weighted by Gasteiger charge is 2.07. The van der Waals surface area contributed by atoms with Gasteiger partial charge in [0.1, 0.15) is 0 Å². The van der Waals surface area contributed by atoms with Crippen molar-refractivity contribution in [3.63, 3.8) is 0 Å². The van der Waals surface area contributed by atoms with E-state index in [1.54, 1.807) is 12.4 Å². The Morgan fingerprint density at radius 1 is 1.50 bits per heavy atom. The Labute approximate surface area is 84.5 Å². The Bertz CT molecular complexity index is 274. The van der Waals surface area contributed by atoms with Crippen molar-refractivity contribution in [2.75, 3.05) is 0 Å². The van der Waals surface area contributed by atoms with E-state index in [2.05, 4.69) is 16.1 Å². The normalized spacial score (nSPS) is 12.3. The molecule has 3 heteroatoms. The summed E-state index contributed by atoms with van der Waals surface area (Å²) in [5.41, 5.74) is 0.863. The zero-order valence-electron chi connectivity index (χ0n) is 8.24. The lowest BCUT2D eigenvalue weighted by atomic mass is 10.1. The molecule has 0 aliphatic rings. The molecule has 2 N–H and O–H groups in total. The van der Waals surface area contributed by atoms with Crippen LogP contribution >= 0.6 is 0 Å². The molecule has 1 rings (SSSR count). The third-order valence-corrected chi connectivity index (χ3v) is 2.20. The zero-order valence-corrected chi connectivity index (χ0v) is 8.24. The Kier molecular flexibility index (Phi) is 4.81. The highest BCUT2D eigenvalue weighted by atomic mass is 16.3. The van der Waals surface area contributed by atoms with E-state index in [0.717, 1.165) is 37.7 Å². The van der Waals surface area contributed by atoms with Crippen molar-refractivity contribution in [1.29, 1.82) is 0 Å². The highest BCUT2D eigenvalue weighted by molar-refractivity contribution is 5.06. The van der Waals surface area contributed by atoms with Crippen LogP contribution in [-0.4, -0.2) is 15.3 Å².